The molecule has 1 aromatic heterocycles. The van der Waals surface area contributed by atoms with Crippen molar-refractivity contribution in [2.24, 2.45) is 0 Å². The van der Waals surface area contributed by atoms with E-state index in [1.807, 2.05) is 35.7 Å². The van der Waals surface area contributed by atoms with E-state index in [0.717, 1.165) is 16.5 Å². The lowest BCUT2D eigenvalue weighted by molar-refractivity contribution is -0.142. The van der Waals surface area contributed by atoms with Crippen LogP contribution in [0.5, 0.6) is 0 Å². The van der Waals surface area contributed by atoms with E-state index in [2.05, 4.69) is 15.6 Å². The largest absolute Gasteiger partial charge is 0.480 e. The summed E-state index contributed by atoms with van der Waals surface area (Å²) < 4.78 is 0. The number of aliphatic carboxylic acids is 1. The van der Waals surface area contributed by atoms with Crippen LogP contribution in [0.4, 0.5) is 10.8 Å². The van der Waals surface area contributed by atoms with Crippen LogP contribution in [0.1, 0.15) is 19.5 Å². The highest BCUT2D eigenvalue weighted by Gasteiger charge is 2.21. The average molecular weight is 362 g/mol. The maximum Gasteiger partial charge on any atom is 0.320 e. The first kappa shape index (κ1) is 18.9. The molecule has 0 bridgehead atoms. The zero-order valence-electron chi connectivity index (χ0n) is 14.2. The zero-order valence-corrected chi connectivity index (χ0v) is 15.0. The van der Waals surface area contributed by atoms with Crippen LogP contribution in [0.15, 0.2) is 35.7 Å². The molecule has 0 spiro atoms. The highest BCUT2D eigenvalue weighted by molar-refractivity contribution is 7.13. The summed E-state index contributed by atoms with van der Waals surface area (Å²) >= 11 is 1.47. The number of para-hydroxylation sites is 1. The summed E-state index contributed by atoms with van der Waals surface area (Å²) in [6.07, 6.45) is 0. The SMILES string of the molecule is CC(=O)NCCN(Cc1csc(Nc2ccccc2)n1)C(C)C(=O)O. The quantitative estimate of drug-likeness (QED) is 0.634. The first-order valence-corrected chi connectivity index (χ1v) is 8.81. The number of hydrogen-bond acceptors (Lipinski definition) is 6. The van der Waals surface area contributed by atoms with Gasteiger partial charge in [0.05, 0.1) is 5.69 Å². The van der Waals surface area contributed by atoms with Crippen LogP contribution in [-0.2, 0) is 16.1 Å². The van der Waals surface area contributed by atoms with Crippen LogP contribution >= 0.6 is 11.3 Å². The molecule has 0 aliphatic heterocycles. The van der Waals surface area contributed by atoms with Crippen molar-refractivity contribution < 1.29 is 14.7 Å². The molecule has 1 atom stereocenters. The van der Waals surface area contributed by atoms with Crippen molar-refractivity contribution in [3.05, 3.63) is 41.4 Å². The van der Waals surface area contributed by atoms with Gasteiger partial charge in [0.25, 0.3) is 0 Å². The van der Waals surface area contributed by atoms with Crippen molar-refractivity contribution in [2.75, 3.05) is 18.4 Å². The van der Waals surface area contributed by atoms with E-state index in [9.17, 15) is 14.7 Å². The summed E-state index contributed by atoms with van der Waals surface area (Å²) in [5.41, 5.74) is 1.74. The van der Waals surface area contributed by atoms with Crippen molar-refractivity contribution in [2.45, 2.75) is 26.4 Å². The van der Waals surface area contributed by atoms with Gasteiger partial charge < -0.3 is 15.7 Å². The van der Waals surface area contributed by atoms with Crippen molar-refractivity contribution >= 4 is 34.0 Å². The molecule has 7 nitrogen and oxygen atoms in total. The summed E-state index contributed by atoms with van der Waals surface area (Å²) in [6, 6.07) is 9.06. The lowest BCUT2D eigenvalue weighted by Crippen LogP contribution is -2.42. The molecule has 25 heavy (non-hydrogen) atoms. The van der Waals surface area contributed by atoms with Crippen LogP contribution in [0, 0.1) is 0 Å². The van der Waals surface area contributed by atoms with Crippen LogP contribution in [0.3, 0.4) is 0 Å². The summed E-state index contributed by atoms with van der Waals surface area (Å²) in [7, 11) is 0. The van der Waals surface area contributed by atoms with Crippen LogP contribution < -0.4 is 10.6 Å². The van der Waals surface area contributed by atoms with Crippen LogP contribution in [0.2, 0.25) is 0 Å². The highest BCUT2D eigenvalue weighted by atomic mass is 32.1. The third kappa shape index (κ3) is 6.17. The number of rotatable bonds is 9. The molecule has 3 N–H and O–H groups in total. The lowest BCUT2D eigenvalue weighted by Gasteiger charge is -2.25. The Labute approximate surface area is 150 Å². The number of carbonyl (C=O) groups is 2. The van der Waals surface area contributed by atoms with Gasteiger partial charge in [-0.15, -0.1) is 11.3 Å². The third-order valence-corrected chi connectivity index (χ3v) is 4.43. The number of anilines is 2. The molecule has 1 aromatic carbocycles. The molecule has 0 fully saturated rings. The van der Waals surface area contributed by atoms with Crippen LogP contribution in [0.25, 0.3) is 0 Å². The monoisotopic (exact) mass is 362 g/mol. The van der Waals surface area contributed by atoms with Gasteiger partial charge in [0.15, 0.2) is 5.13 Å². The van der Waals surface area contributed by atoms with Gasteiger partial charge in [-0.05, 0) is 19.1 Å². The number of aromatic nitrogens is 1. The van der Waals surface area contributed by atoms with E-state index < -0.39 is 12.0 Å². The fourth-order valence-electron chi connectivity index (χ4n) is 2.23. The fraction of sp³-hybridized carbons (Fsp3) is 0.353. The minimum absolute atomic E-state index is 0.133. The maximum atomic E-state index is 11.3. The minimum Gasteiger partial charge on any atom is -0.480 e. The molecule has 1 amide bonds. The molecule has 0 saturated heterocycles. The Balaban J connectivity index is 2.00. The van der Waals surface area contributed by atoms with Crippen molar-refractivity contribution in [3.8, 4) is 0 Å². The van der Waals surface area contributed by atoms with Crippen LogP contribution in [-0.4, -0.2) is 46.0 Å². The molecule has 8 heteroatoms. The number of hydrogen-bond donors (Lipinski definition) is 3. The Morgan fingerprint density at radius 2 is 2.04 bits per heavy atom. The van der Waals surface area contributed by atoms with E-state index in [0.29, 0.717) is 19.6 Å². The maximum absolute atomic E-state index is 11.3. The molecule has 0 radical (unpaired) electrons. The minimum atomic E-state index is -0.902. The van der Waals surface area contributed by atoms with E-state index in [-0.39, 0.29) is 5.91 Å². The fourth-order valence-corrected chi connectivity index (χ4v) is 2.95. The first-order valence-electron chi connectivity index (χ1n) is 7.93. The molecule has 1 heterocycles. The normalized spacial score (nSPS) is 12.0. The second-order valence-electron chi connectivity index (χ2n) is 5.60. The Bertz CT molecular complexity index is 705. The van der Waals surface area contributed by atoms with Gasteiger partial charge in [-0.2, -0.15) is 0 Å². The molecule has 134 valence electrons. The van der Waals surface area contributed by atoms with E-state index in [4.69, 9.17) is 0 Å². The lowest BCUT2D eigenvalue weighted by atomic mass is 10.2. The molecular formula is C17H22N4O3S. The number of nitrogens with one attached hydrogen (secondary N) is 2. The second-order valence-corrected chi connectivity index (χ2v) is 6.46. The number of amides is 1. The number of carboxylic acid groups (broad SMARTS) is 1. The number of thiazole rings is 1. The van der Waals surface area contributed by atoms with Crippen molar-refractivity contribution in [1.29, 1.82) is 0 Å². The first-order chi connectivity index (χ1) is 12.0. The number of carboxylic acids is 1. The number of carbonyl (C=O) groups excluding carboxylic acids is 1. The topological polar surface area (TPSA) is 94.6 Å². The Morgan fingerprint density at radius 3 is 2.68 bits per heavy atom. The smallest absolute Gasteiger partial charge is 0.320 e. The molecule has 0 saturated carbocycles. The van der Waals surface area contributed by atoms with Gasteiger partial charge in [-0.3, -0.25) is 14.5 Å². The molecule has 2 aromatic rings. The predicted octanol–water partition coefficient (Wildman–Crippen LogP) is 2.30. The van der Waals surface area contributed by atoms with Crippen molar-refractivity contribution in [3.63, 3.8) is 0 Å². The average Bonchev–Trinajstić information content (AvgIpc) is 3.00. The van der Waals surface area contributed by atoms with E-state index >= 15 is 0 Å². The standard InChI is InChI=1S/C17H22N4O3S/c1-12(16(23)24)21(9-8-18-13(2)22)10-15-11-25-17(20-15)19-14-6-4-3-5-7-14/h3-7,11-12H,8-10H2,1-2H3,(H,18,22)(H,19,20)(H,23,24). The summed E-state index contributed by atoms with van der Waals surface area (Å²) in [6.45, 7) is 4.30. The number of nitrogens with zero attached hydrogens (tertiary/aromatic N) is 2. The summed E-state index contributed by atoms with van der Waals surface area (Å²) in [4.78, 5) is 28.6. The van der Waals surface area contributed by atoms with Gasteiger partial charge in [0.1, 0.15) is 6.04 Å². The predicted molar refractivity (Wildman–Crippen MR) is 98.0 cm³/mol. The van der Waals surface area contributed by atoms with E-state index in [1.165, 1.54) is 18.3 Å². The number of benzene rings is 1. The van der Waals surface area contributed by atoms with E-state index in [1.54, 1.807) is 11.8 Å². The Kier molecular flexibility index (Phi) is 6.91. The Hall–Kier alpha value is -2.45. The highest BCUT2D eigenvalue weighted by Crippen LogP contribution is 2.21. The van der Waals surface area contributed by atoms with Crippen molar-refractivity contribution in [1.82, 2.24) is 15.2 Å². The van der Waals surface area contributed by atoms with Gasteiger partial charge in [0.2, 0.25) is 5.91 Å². The zero-order chi connectivity index (χ0) is 18.2. The van der Waals surface area contributed by atoms with Gasteiger partial charge in [-0.25, -0.2) is 4.98 Å². The molecule has 2 rings (SSSR count). The Morgan fingerprint density at radius 1 is 1.32 bits per heavy atom. The summed E-state index contributed by atoms with van der Waals surface area (Å²) in [5.74, 6) is -1.04. The van der Waals surface area contributed by atoms with Gasteiger partial charge >= 0.3 is 5.97 Å². The van der Waals surface area contributed by atoms with Gasteiger partial charge in [-0.1, -0.05) is 18.2 Å². The third-order valence-electron chi connectivity index (χ3n) is 3.62. The molecule has 1 unspecified atom stereocenters. The second kappa shape index (κ2) is 9.14. The molecular weight excluding hydrogens is 340 g/mol. The molecule has 0 aliphatic rings. The molecule has 0 aliphatic carbocycles. The van der Waals surface area contributed by atoms with Gasteiger partial charge in [0, 0.05) is 37.6 Å². The summed E-state index contributed by atoms with van der Waals surface area (Å²) in [5, 5.41) is 17.9.